The zero-order valence-electron chi connectivity index (χ0n) is 6.97. The van der Waals surface area contributed by atoms with E-state index in [0.717, 1.165) is 0 Å². The first-order chi connectivity index (χ1) is 6.29. The van der Waals surface area contributed by atoms with E-state index in [0.29, 0.717) is 5.75 Å². The minimum atomic E-state index is -1.00. The van der Waals surface area contributed by atoms with Crippen LogP contribution in [0, 0.1) is 0 Å². The van der Waals surface area contributed by atoms with Crippen LogP contribution < -0.4 is 4.74 Å². The largest absolute Gasteiger partial charge is 0.480 e. The van der Waals surface area contributed by atoms with E-state index in [2.05, 4.69) is 4.74 Å². The fraction of sp³-hybridized carbons (Fsp3) is 0.222. The molecule has 0 aromatic heterocycles. The van der Waals surface area contributed by atoms with Crippen molar-refractivity contribution in [1.29, 1.82) is 0 Å². The fourth-order valence-corrected chi connectivity index (χ4v) is 0.755. The average Bonchev–Trinajstić information content (AvgIpc) is 2.14. The van der Waals surface area contributed by atoms with Gasteiger partial charge in [0, 0.05) is 0 Å². The van der Waals surface area contributed by atoms with Crippen LogP contribution in [0.2, 0.25) is 0 Å². The number of carboxylic acids is 1. The molecule has 1 rings (SSSR count). The first-order valence-electron chi connectivity index (χ1n) is 3.76. The molecule has 0 fully saturated rings. The fourth-order valence-electron chi connectivity index (χ4n) is 0.755. The predicted molar refractivity (Wildman–Crippen MR) is 45.5 cm³/mol. The highest BCUT2D eigenvalue weighted by atomic mass is 16.7. The van der Waals surface area contributed by atoms with Crippen LogP contribution in [0.5, 0.6) is 5.75 Å². The zero-order valence-corrected chi connectivity index (χ0v) is 6.97. The molecule has 0 saturated carbocycles. The third-order valence-corrected chi connectivity index (χ3v) is 1.28. The Balaban J connectivity index is 2.17. The van der Waals surface area contributed by atoms with E-state index in [-0.39, 0.29) is 13.4 Å². The summed E-state index contributed by atoms with van der Waals surface area (Å²) in [6, 6.07) is 9.05. The van der Waals surface area contributed by atoms with E-state index >= 15 is 0 Å². The van der Waals surface area contributed by atoms with E-state index in [1.54, 1.807) is 12.1 Å². The molecule has 0 aliphatic rings. The summed E-state index contributed by atoms with van der Waals surface area (Å²) in [5.41, 5.74) is 0. The molecule has 0 spiro atoms. The van der Waals surface area contributed by atoms with E-state index < -0.39 is 5.97 Å². The Labute approximate surface area is 75.7 Å². The van der Waals surface area contributed by atoms with Gasteiger partial charge >= 0.3 is 5.97 Å². The van der Waals surface area contributed by atoms with Crippen molar-refractivity contribution < 1.29 is 19.4 Å². The van der Waals surface area contributed by atoms with Crippen LogP contribution in [0.25, 0.3) is 0 Å². The number of hydrogen-bond acceptors (Lipinski definition) is 3. The SMILES string of the molecule is O=C(O)COCOc1ccccc1. The minimum Gasteiger partial charge on any atom is -0.480 e. The first kappa shape index (κ1) is 9.54. The third kappa shape index (κ3) is 4.12. The number of aliphatic carboxylic acids is 1. The van der Waals surface area contributed by atoms with Gasteiger partial charge < -0.3 is 14.6 Å². The smallest absolute Gasteiger partial charge is 0.329 e. The second-order valence-electron chi connectivity index (χ2n) is 2.32. The standard InChI is InChI=1S/C9H10O4/c10-9(11)6-12-7-13-8-4-2-1-3-5-8/h1-5H,6-7H2,(H,10,11). The molecule has 4 nitrogen and oxygen atoms in total. The number of ether oxygens (including phenoxy) is 2. The number of carboxylic acid groups (broad SMARTS) is 1. The Bertz CT molecular complexity index is 258. The number of hydrogen-bond donors (Lipinski definition) is 1. The molecule has 0 saturated heterocycles. The van der Waals surface area contributed by atoms with Gasteiger partial charge in [0.1, 0.15) is 12.4 Å². The normalized spacial score (nSPS) is 9.54. The second kappa shape index (κ2) is 5.16. The van der Waals surface area contributed by atoms with Crippen molar-refractivity contribution in [3.63, 3.8) is 0 Å². The molecule has 4 heteroatoms. The molecule has 0 atom stereocenters. The highest BCUT2D eigenvalue weighted by Crippen LogP contribution is 2.07. The highest BCUT2D eigenvalue weighted by molar-refractivity contribution is 5.67. The molecule has 0 unspecified atom stereocenters. The topological polar surface area (TPSA) is 55.8 Å². The Kier molecular flexibility index (Phi) is 3.78. The Morgan fingerprint density at radius 3 is 2.62 bits per heavy atom. The average molecular weight is 182 g/mol. The summed E-state index contributed by atoms with van der Waals surface area (Å²) in [5, 5.41) is 8.23. The summed E-state index contributed by atoms with van der Waals surface area (Å²) in [7, 11) is 0. The van der Waals surface area contributed by atoms with Gasteiger partial charge in [0.25, 0.3) is 0 Å². The molecular weight excluding hydrogens is 172 g/mol. The molecule has 1 aromatic rings. The molecule has 0 amide bonds. The van der Waals surface area contributed by atoms with Gasteiger partial charge in [-0.2, -0.15) is 0 Å². The maximum Gasteiger partial charge on any atom is 0.329 e. The van der Waals surface area contributed by atoms with Gasteiger partial charge in [-0.3, -0.25) is 0 Å². The van der Waals surface area contributed by atoms with Gasteiger partial charge in [0.2, 0.25) is 0 Å². The van der Waals surface area contributed by atoms with Crippen LogP contribution in [0.15, 0.2) is 30.3 Å². The van der Waals surface area contributed by atoms with Crippen molar-refractivity contribution in [2.24, 2.45) is 0 Å². The quantitative estimate of drug-likeness (QED) is 0.547. The monoisotopic (exact) mass is 182 g/mol. The lowest BCUT2D eigenvalue weighted by Gasteiger charge is -2.04. The number of carbonyl (C=O) groups is 1. The molecule has 1 aromatic carbocycles. The van der Waals surface area contributed by atoms with Crippen LogP contribution in [0.1, 0.15) is 0 Å². The zero-order chi connectivity index (χ0) is 9.52. The lowest BCUT2D eigenvalue weighted by atomic mass is 10.3. The maximum absolute atomic E-state index is 10.0. The highest BCUT2D eigenvalue weighted by Gasteiger charge is 1.95. The lowest BCUT2D eigenvalue weighted by molar-refractivity contribution is -0.144. The number of para-hydroxylation sites is 1. The molecule has 70 valence electrons. The van der Waals surface area contributed by atoms with E-state index in [9.17, 15) is 4.79 Å². The van der Waals surface area contributed by atoms with Crippen molar-refractivity contribution >= 4 is 5.97 Å². The van der Waals surface area contributed by atoms with Gasteiger partial charge in [0.15, 0.2) is 6.79 Å². The van der Waals surface area contributed by atoms with E-state index in [1.165, 1.54) is 0 Å². The summed E-state index contributed by atoms with van der Waals surface area (Å²) in [6.07, 6.45) is 0. The van der Waals surface area contributed by atoms with E-state index in [4.69, 9.17) is 9.84 Å². The molecule has 13 heavy (non-hydrogen) atoms. The van der Waals surface area contributed by atoms with E-state index in [1.807, 2.05) is 18.2 Å². The summed E-state index contributed by atoms with van der Waals surface area (Å²) >= 11 is 0. The van der Waals surface area contributed by atoms with Crippen LogP contribution in [0.4, 0.5) is 0 Å². The molecule has 1 N–H and O–H groups in total. The number of benzene rings is 1. The molecule has 0 radical (unpaired) electrons. The summed E-state index contributed by atoms with van der Waals surface area (Å²) < 4.78 is 9.75. The van der Waals surface area contributed by atoms with Gasteiger partial charge in [0.05, 0.1) is 0 Å². The summed E-state index contributed by atoms with van der Waals surface area (Å²) in [5.74, 6) is -0.343. The van der Waals surface area contributed by atoms with Crippen molar-refractivity contribution in [3.8, 4) is 5.75 Å². The van der Waals surface area contributed by atoms with Crippen molar-refractivity contribution in [3.05, 3.63) is 30.3 Å². The molecule has 0 aliphatic heterocycles. The third-order valence-electron chi connectivity index (χ3n) is 1.28. The van der Waals surface area contributed by atoms with Gasteiger partial charge in [-0.1, -0.05) is 18.2 Å². The molecule has 0 bridgehead atoms. The molecule has 0 aliphatic carbocycles. The van der Waals surface area contributed by atoms with Crippen LogP contribution in [0.3, 0.4) is 0 Å². The van der Waals surface area contributed by atoms with Crippen LogP contribution in [-0.2, 0) is 9.53 Å². The summed E-state index contributed by atoms with van der Waals surface area (Å²) in [6.45, 7) is -0.386. The van der Waals surface area contributed by atoms with Crippen molar-refractivity contribution in [1.82, 2.24) is 0 Å². The second-order valence-corrected chi connectivity index (χ2v) is 2.32. The Hall–Kier alpha value is -1.55. The van der Waals surface area contributed by atoms with Crippen molar-refractivity contribution in [2.45, 2.75) is 0 Å². The first-order valence-corrected chi connectivity index (χ1v) is 3.76. The maximum atomic E-state index is 10.0. The lowest BCUT2D eigenvalue weighted by Crippen LogP contribution is -2.11. The Morgan fingerprint density at radius 2 is 2.00 bits per heavy atom. The Morgan fingerprint density at radius 1 is 1.31 bits per heavy atom. The van der Waals surface area contributed by atoms with Gasteiger partial charge in [-0.15, -0.1) is 0 Å². The van der Waals surface area contributed by atoms with Gasteiger partial charge in [-0.25, -0.2) is 4.79 Å². The molecular formula is C9H10O4. The minimum absolute atomic E-state index is 0.0453. The number of rotatable bonds is 5. The van der Waals surface area contributed by atoms with Crippen molar-refractivity contribution in [2.75, 3.05) is 13.4 Å². The summed E-state index contributed by atoms with van der Waals surface area (Å²) in [4.78, 5) is 10.0. The predicted octanol–water partition coefficient (Wildman–Crippen LogP) is 1.12. The van der Waals surface area contributed by atoms with Crippen LogP contribution in [-0.4, -0.2) is 24.5 Å². The van der Waals surface area contributed by atoms with Crippen LogP contribution >= 0.6 is 0 Å². The molecule has 0 heterocycles. The van der Waals surface area contributed by atoms with Gasteiger partial charge in [-0.05, 0) is 12.1 Å².